The second-order valence-corrected chi connectivity index (χ2v) is 7.21. The van der Waals surface area contributed by atoms with Gasteiger partial charge in [0.2, 0.25) is 5.91 Å². The quantitative estimate of drug-likeness (QED) is 0.662. The molecule has 1 atom stereocenters. The van der Waals surface area contributed by atoms with Crippen LogP contribution in [-0.4, -0.2) is 27.0 Å². The monoisotopic (exact) mass is 365 g/mol. The molecule has 138 valence electrons. The molecule has 7 heteroatoms. The highest BCUT2D eigenvalue weighted by atomic mass is 19.1. The molecule has 0 aliphatic carbocycles. The number of nitrogens with zero attached hydrogens (tertiary/aromatic N) is 4. The fraction of sp³-hybridized carbons (Fsp3) is 0.350. The lowest BCUT2D eigenvalue weighted by Gasteiger charge is -2.28. The number of carbonyl (C=O) groups excluding carboxylic acids is 1. The summed E-state index contributed by atoms with van der Waals surface area (Å²) in [5.41, 5.74) is 3.39. The number of hydrogen-bond donors (Lipinski definition) is 1. The number of nitrogens with one attached hydrogen (secondary N) is 1. The van der Waals surface area contributed by atoms with Gasteiger partial charge < -0.3 is 10.2 Å². The van der Waals surface area contributed by atoms with Crippen LogP contribution in [-0.2, 0) is 11.2 Å². The van der Waals surface area contributed by atoms with Gasteiger partial charge in [0, 0.05) is 19.2 Å². The van der Waals surface area contributed by atoms with Gasteiger partial charge in [0.1, 0.15) is 17.3 Å². The molecule has 2 aliphatic rings. The van der Waals surface area contributed by atoms with Crippen molar-refractivity contribution in [1.29, 1.82) is 0 Å². The molecule has 3 aromatic rings. The van der Waals surface area contributed by atoms with Crippen molar-refractivity contribution >= 4 is 23.1 Å². The Balaban J connectivity index is 1.67. The average molecular weight is 365 g/mol. The molecule has 1 fully saturated rings. The molecular formula is C20H20FN5O. The van der Waals surface area contributed by atoms with Gasteiger partial charge in [-0.2, -0.15) is 5.10 Å². The van der Waals surface area contributed by atoms with Gasteiger partial charge in [-0.3, -0.25) is 4.79 Å². The van der Waals surface area contributed by atoms with Crippen LogP contribution < -0.4 is 10.2 Å². The number of carbonyl (C=O) groups is 1. The van der Waals surface area contributed by atoms with E-state index in [9.17, 15) is 9.18 Å². The van der Waals surface area contributed by atoms with E-state index < -0.39 is 0 Å². The molecule has 0 unspecified atom stereocenters. The maximum Gasteiger partial charge on any atom is 0.224 e. The summed E-state index contributed by atoms with van der Waals surface area (Å²) in [6.07, 6.45) is 7.36. The first-order valence-corrected chi connectivity index (χ1v) is 9.38. The third kappa shape index (κ3) is 2.83. The number of aromatic nitrogens is 3. The molecule has 1 aromatic carbocycles. The molecule has 1 saturated heterocycles. The summed E-state index contributed by atoms with van der Waals surface area (Å²) in [5, 5.41) is 7.20. The lowest BCUT2D eigenvalue weighted by Crippen LogP contribution is -2.24. The van der Waals surface area contributed by atoms with Gasteiger partial charge in [0.15, 0.2) is 5.65 Å². The van der Waals surface area contributed by atoms with Crippen molar-refractivity contribution in [2.24, 2.45) is 0 Å². The zero-order chi connectivity index (χ0) is 18.4. The lowest BCUT2D eigenvalue weighted by atomic mass is 9.94. The van der Waals surface area contributed by atoms with Gasteiger partial charge in [0.05, 0.1) is 12.2 Å². The predicted molar refractivity (Wildman–Crippen MR) is 100 cm³/mol. The Hall–Kier alpha value is -2.96. The number of hydrogen-bond acceptors (Lipinski definition) is 4. The molecule has 2 aromatic heterocycles. The zero-order valence-electron chi connectivity index (χ0n) is 14.9. The summed E-state index contributed by atoms with van der Waals surface area (Å²) in [6, 6.07) is 7.06. The highest BCUT2D eigenvalue weighted by Gasteiger charge is 2.30. The molecule has 6 nitrogen and oxygen atoms in total. The first-order chi connectivity index (χ1) is 13.2. The Morgan fingerprint density at radius 3 is 3.04 bits per heavy atom. The number of halogens is 1. The van der Waals surface area contributed by atoms with Crippen molar-refractivity contribution in [3.05, 3.63) is 53.6 Å². The lowest BCUT2D eigenvalue weighted by molar-refractivity contribution is -0.116. The molecular weight excluding hydrogens is 345 g/mol. The smallest absolute Gasteiger partial charge is 0.224 e. The SMILES string of the molecule is O=C1CCCc2ccc(F)cc2[C@@H]2CCCN2c2ccn3ncc(c3n2)N1. The summed E-state index contributed by atoms with van der Waals surface area (Å²) in [6.45, 7) is 0.875. The fourth-order valence-corrected chi connectivity index (χ4v) is 4.23. The van der Waals surface area contributed by atoms with E-state index in [-0.39, 0.29) is 17.8 Å². The van der Waals surface area contributed by atoms with Crippen LogP contribution in [0.3, 0.4) is 0 Å². The second kappa shape index (κ2) is 6.33. The van der Waals surface area contributed by atoms with Crippen molar-refractivity contribution in [1.82, 2.24) is 14.6 Å². The normalized spacial score (nSPS) is 19.8. The van der Waals surface area contributed by atoms with Gasteiger partial charge >= 0.3 is 0 Å². The van der Waals surface area contributed by atoms with Crippen LogP contribution in [0.2, 0.25) is 0 Å². The molecule has 0 saturated carbocycles. The molecule has 2 aliphatic heterocycles. The third-order valence-corrected chi connectivity index (χ3v) is 5.49. The Kier molecular flexibility index (Phi) is 3.81. The van der Waals surface area contributed by atoms with Gasteiger partial charge in [0.25, 0.3) is 0 Å². The summed E-state index contributed by atoms with van der Waals surface area (Å²) in [5.74, 6) is 0.556. The molecule has 2 bridgehead atoms. The Bertz CT molecular complexity index is 1030. The van der Waals surface area contributed by atoms with Crippen molar-refractivity contribution in [3.63, 3.8) is 0 Å². The molecule has 0 spiro atoms. The molecule has 5 rings (SSSR count). The van der Waals surface area contributed by atoms with Crippen LogP contribution in [0, 0.1) is 5.82 Å². The highest BCUT2D eigenvalue weighted by molar-refractivity contribution is 5.94. The Morgan fingerprint density at radius 1 is 1.19 bits per heavy atom. The number of amides is 1. The first kappa shape index (κ1) is 16.2. The van der Waals surface area contributed by atoms with E-state index in [0.717, 1.165) is 42.8 Å². The highest BCUT2D eigenvalue weighted by Crippen LogP contribution is 2.38. The maximum atomic E-state index is 14.0. The van der Waals surface area contributed by atoms with Crippen molar-refractivity contribution in [2.45, 2.75) is 38.1 Å². The van der Waals surface area contributed by atoms with E-state index in [1.807, 2.05) is 18.3 Å². The number of rotatable bonds is 0. The topological polar surface area (TPSA) is 62.5 Å². The minimum absolute atomic E-state index is 0.0551. The summed E-state index contributed by atoms with van der Waals surface area (Å²) >= 11 is 0. The standard InChI is InChI=1S/C20H20FN5O/c21-14-7-6-13-3-1-5-19(27)23-16-12-22-26-10-8-18(24-20(16)26)25-9-2-4-17(25)15(13)11-14/h6-8,10-12,17H,1-5,9H2,(H,23,27)/t17-/m0/s1. The van der Waals surface area contributed by atoms with E-state index in [4.69, 9.17) is 4.98 Å². The van der Waals surface area contributed by atoms with Crippen LogP contribution in [0.1, 0.15) is 42.9 Å². The molecule has 4 heterocycles. The first-order valence-electron chi connectivity index (χ1n) is 9.38. The van der Waals surface area contributed by atoms with Gasteiger partial charge in [-0.05, 0) is 55.0 Å². The molecule has 0 radical (unpaired) electrons. The summed E-state index contributed by atoms with van der Waals surface area (Å²) in [4.78, 5) is 19.3. The van der Waals surface area contributed by atoms with Crippen LogP contribution in [0.4, 0.5) is 15.9 Å². The summed E-state index contributed by atoms with van der Waals surface area (Å²) in [7, 11) is 0. The number of fused-ring (bicyclic) bond motifs is 5. The van der Waals surface area contributed by atoms with Gasteiger partial charge in [-0.1, -0.05) is 6.07 Å². The molecule has 1 amide bonds. The van der Waals surface area contributed by atoms with Gasteiger partial charge in [-0.15, -0.1) is 0 Å². The molecule has 1 N–H and O–H groups in total. The van der Waals surface area contributed by atoms with Crippen molar-refractivity contribution < 1.29 is 9.18 Å². The van der Waals surface area contributed by atoms with Gasteiger partial charge in [-0.25, -0.2) is 13.9 Å². The van der Waals surface area contributed by atoms with Crippen LogP contribution >= 0.6 is 0 Å². The summed E-state index contributed by atoms with van der Waals surface area (Å²) < 4.78 is 15.7. The van der Waals surface area contributed by atoms with Crippen molar-refractivity contribution in [3.8, 4) is 0 Å². The minimum atomic E-state index is -0.218. The predicted octanol–water partition coefficient (Wildman–Crippen LogP) is 3.48. The van der Waals surface area contributed by atoms with E-state index in [0.29, 0.717) is 24.2 Å². The van der Waals surface area contributed by atoms with Crippen molar-refractivity contribution in [2.75, 3.05) is 16.8 Å². The largest absolute Gasteiger partial charge is 0.349 e. The Morgan fingerprint density at radius 2 is 2.11 bits per heavy atom. The number of benzene rings is 1. The fourth-order valence-electron chi connectivity index (χ4n) is 4.23. The third-order valence-electron chi connectivity index (χ3n) is 5.49. The van der Waals surface area contributed by atoms with E-state index in [2.05, 4.69) is 15.3 Å². The molecule has 27 heavy (non-hydrogen) atoms. The van der Waals surface area contributed by atoms with E-state index in [1.54, 1.807) is 16.8 Å². The average Bonchev–Trinajstić information content (AvgIpc) is 3.29. The number of aryl methyl sites for hydroxylation is 1. The minimum Gasteiger partial charge on any atom is -0.349 e. The van der Waals surface area contributed by atoms with Crippen LogP contribution in [0.25, 0.3) is 5.65 Å². The Labute approximate surface area is 156 Å². The van der Waals surface area contributed by atoms with Crippen LogP contribution in [0.5, 0.6) is 0 Å². The van der Waals surface area contributed by atoms with Crippen LogP contribution in [0.15, 0.2) is 36.7 Å². The number of anilines is 2. The maximum absolute atomic E-state index is 14.0. The van der Waals surface area contributed by atoms with E-state index >= 15 is 0 Å². The zero-order valence-corrected chi connectivity index (χ0v) is 14.9. The second-order valence-electron chi connectivity index (χ2n) is 7.21. The van der Waals surface area contributed by atoms with E-state index in [1.165, 1.54) is 6.07 Å².